The highest BCUT2D eigenvalue weighted by Crippen LogP contribution is 2.32. The molecule has 0 aromatic heterocycles. The SMILES string of the molecule is CC(C)C(OCC1CC1)C(O)c1ccccc1. The summed E-state index contributed by atoms with van der Waals surface area (Å²) in [5, 5.41) is 10.4. The van der Waals surface area contributed by atoms with Crippen LogP contribution in [0.25, 0.3) is 0 Å². The fourth-order valence-electron chi connectivity index (χ4n) is 2.02. The standard InChI is InChI=1S/C15H22O2/c1-11(2)15(17-10-12-8-9-12)14(16)13-6-4-3-5-7-13/h3-7,11-12,14-16H,8-10H2,1-2H3. The van der Waals surface area contributed by atoms with Crippen LogP contribution in [0.2, 0.25) is 0 Å². The molecule has 1 aromatic rings. The van der Waals surface area contributed by atoms with Crippen LogP contribution in [-0.4, -0.2) is 17.8 Å². The third-order valence-corrected chi connectivity index (χ3v) is 3.33. The number of hydrogen-bond donors (Lipinski definition) is 1. The summed E-state index contributed by atoms with van der Waals surface area (Å²) >= 11 is 0. The predicted octanol–water partition coefficient (Wildman–Crippen LogP) is 3.17. The van der Waals surface area contributed by atoms with Crippen molar-refractivity contribution in [2.75, 3.05) is 6.61 Å². The minimum Gasteiger partial charge on any atom is -0.386 e. The van der Waals surface area contributed by atoms with Crippen molar-refractivity contribution in [3.63, 3.8) is 0 Å². The maximum Gasteiger partial charge on any atom is 0.105 e. The first-order valence-electron chi connectivity index (χ1n) is 6.53. The summed E-state index contributed by atoms with van der Waals surface area (Å²) in [6, 6.07) is 9.79. The van der Waals surface area contributed by atoms with Gasteiger partial charge in [-0.05, 0) is 30.2 Å². The number of rotatable bonds is 6. The van der Waals surface area contributed by atoms with Gasteiger partial charge in [-0.1, -0.05) is 44.2 Å². The second kappa shape index (κ2) is 5.65. The van der Waals surface area contributed by atoms with E-state index in [1.807, 2.05) is 30.3 Å². The molecule has 1 aromatic carbocycles. The molecule has 1 saturated carbocycles. The minimum atomic E-state index is -0.519. The molecule has 1 aliphatic carbocycles. The number of aliphatic hydroxyl groups excluding tert-OH is 1. The second-order valence-electron chi connectivity index (χ2n) is 5.34. The van der Waals surface area contributed by atoms with Crippen molar-refractivity contribution in [3.05, 3.63) is 35.9 Å². The molecule has 0 amide bonds. The van der Waals surface area contributed by atoms with E-state index in [9.17, 15) is 5.11 Å². The van der Waals surface area contributed by atoms with Crippen LogP contribution < -0.4 is 0 Å². The first-order valence-corrected chi connectivity index (χ1v) is 6.53. The molecule has 1 fully saturated rings. The Morgan fingerprint density at radius 2 is 1.88 bits per heavy atom. The molecular weight excluding hydrogens is 212 g/mol. The van der Waals surface area contributed by atoms with E-state index in [0.29, 0.717) is 5.92 Å². The summed E-state index contributed by atoms with van der Waals surface area (Å²) in [4.78, 5) is 0. The van der Waals surface area contributed by atoms with Crippen molar-refractivity contribution in [1.82, 2.24) is 0 Å². The smallest absolute Gasteiger partial charge is 0.105 e. The molecule has 2 heteroatoms. The van der Waals surface area contributed by atoms with Gasteiger partial charge in [0.25, 0.3) is 0 Å². The van der Waals surface area contributed by atoms with Crippen LogP contribution in [0.1, 0.15) is 38.4 Å². The number of benzene rings is 1. The highest BCUT2D eigenvalue weighted by atomic mass is 16.5. The molecule has 2 atom stereocenters. The van der Waals surface area contributed by atoms with Crippen molar-refractivity contribution in [2.24, 2.45) is 11.8 Å². The molecule has 1 aliphatic rings. The zero-order chi connectivity index (χ0) is 12.3. The van der Waals surface area contributed by atoms with Gasteiger partial charge in [-0.3, -0.25) is 0 Å². The van der Waals surface area contributed by atoms with Crippen LogP contribution in [0.15, 0.2) is 30.3 Å². The van der Waals surface area contributed by atoms with Gasteiger partial charge in [-0.25, -0.2) is 0 Å². The summed E-state index contributed by atoms with van der Waals surface area (Å²) in [6.45, 7) is 5.00. The van der Waals surface area contributed by atoms with Gasteiger partial charge in [-0.15, -0.1) is 0 Å². The van der Waals surface area contributed by atoms with Crippen LogP contribution in [0, 0.1) is 11.8 Å². The van der Waals surface area contributed by atoms with E-state index < -0.39 is 6.10 Å². The Morgan fingerprint density at radius 3 is 2.41 bits per heavy atom. The molecule has 0 aliphatic heterocycles. The van der Waals surface area contributed by atoms with Crippen molar-refractivity contribution in [3.8, 4) is 0 Å². The van der Waals surface area contributed by atoms with Crippen molar-refractivity contribution in [2.45, 2.75) is 38.9 Å². The zero-order valence-electron chi connectivity index (χ0n) is 10.7. The quantitative estimate of drug-likeness (QED) is 0.819. The molecule has 17 heavy (non-hydrogen) atoms. The van der Waals surface area contributed by atoms with Crippen LogP contribution in [0.3, 0.4) is 0 Å². The molecule has 2 nitrogen and oxygen atoms in total. The first-order chi connectivity index (χ1) is 8.18. The molecule has 1 N–H and O–H groups in total. The van der Waals surface area contributed by atoms with Gasteiger partial charge in [0.2, 0.25) is 0 Å². The summed E-state index contributed by atoms with van der Waals surface area (Å²) < 4.78 is 5.89. The third kappa shape index (κ3) is 3.55. The van der Waals surface area contributed by atoms with Crippen molar-refractivity contribution >= 4 is 0 Å². The zero-order valence-corrected chi connectivity index (χ0v) is 10.7. The molecule has 0 saturated heterocycles. The Kier molecular flexibility index (Phi) is 4.19. The maximum absolute atomic E-state index is 10.4. The lowest BCUT2D eigenvalue weighted by Gasteiger charge is -2.27. The molecule has 0 bridgehead atoms. The highest BCUT2D eigenvalue weighted by Gasteiger charge is 2.28. The van der Waals surface area contributed by atoms with Crippen LogP contribution in [0.4, 0.5) is 0 Å². The average Bonchev–Trinajstić information content (AvgIpc) is 3.14. The lowest BCUT2D eigenvalue weighted by Crippen LogP contribution is -2.28. The van der Waals surface area contributed by atoms with Gasteiger partial charge in [-0.2, -0.15) is 0 Å². The molecule has 0 spiro atoms. The Labute approximate surface area is 104 Å². The third-order valence-electron chi connectivity index (χ3n) is 3.33. The lowest BCUT2D eigenvalue weighted by molar-refractivity contribution is -0.0665. The minimum absolute atomic E-state index is 0.0991. The van der Waals surface area contributed by atoms with Crippen molar-refractivity contribution in [1.29, 1.82) is 0 Å². The maximum atomic E-state index is 10.4. The number of aliphatic hydroxyl groups is 1. The Hall–Kier alpha value is -0.860. The lowest BCUT2D eigenvalue weighted by atomic mass is 9.96. The van der Waals surface area contributed by atoms with Crippen LogP contribution in [0.5, 0.6) is 0 Å². The van der Waals surface area contributed by atoms with Gasteiger partial charge >= 0.3 is 0 Å². The molecule has 2 rings (SSSR count). The second-order valence-corrected chi connectivity index (χ2v) is 5.34. The summed E-state index contributed by atoms with van der Waals surface area (Å²) in [7, 11) is 0. The predicted molar refractivity (Wildman–Crippen MR) is 68.7 cm³/mol. The van der Waals surface area contributed by atoms with Gasteiger partial charge in [0.1, 0.15) is 6.10 Å². The topological polar surface area (TPSA) is 29.5 Å². The van der Waals surface area contributed by atoms with Gasteiger partial charge in [0.05, 0.1) is 6.10 Å². The Bertz CT molecular complexity index is 330. The van der Waals surface area contributed by atoms with Gasteiger partial charge in [0.15, 0.2) is 0 Å². The fourth-order valence-corrected chi connectivity index (χ4v) is 2.02. The first kappa shape index (κ1) is 12.6. The fraction of sp³-hybridized carbons (Fsp3) is 0.600. The highest BCUT2D eigenvalue weighted by molar-refractivity contribution is 5.18. The summed E-state index contributed by atoms with van der Waals surface area (Å²) in [5.74, 6) is 1.06. The van der Waals surface area contributed by atoms with E-state index in [2.05, 4.69) is 13.8 Å². The van der Waals surface area contributed by atoms with E-state index in [1.54, 1.807) is 0 Å². The van der Waals surface area contributed by atoms with E-state index in [4.69, 9.17) is 4.74 Å². The molecule has 0 heterocycles. The van der Waals surface area contributed by atoms with E-state index in [1.165, 1.54) is 12.8 Å². The number of hydrogen-bond acceptors (Lipinski definition) is 2. The molecule has 0 radical (unpaired) electrons. The largest absolute Gasteiger partial charge is 0.386 e. The van der Waals surface area contributed by atoms with E-state index in [-0.39, 0.29) is 6.10 Å². The van der Waals surface area contributed by atoms with Crippen molar-refractivity contribution < 1.29 is 9.84 Å². The van der Waals surface area contributed by atoms with E-state index in [0.717, 1.165) is 18.1 Å². The average molecular weight is 234 g/mol. The molecule has 94 valence electrons. The van der Waals surface area contributed by atoms with Crippen LogP contribution in [-0.2, 0) is 4.74 Å². The van der Waals surface area contributed by atoms with Crippen LogP contribution >= 0.6 is 0 Å². The van der Waals surface area contributed by atoms with E-state index >= 15 is 0 Å². The monoisotopic (exact) mass is 234 g/mol. The summed E-state index contributed by atoms with van der Waals surface area (Å²) in [5.41, 5.74) is 0.946. The molecular formula is C15H22O2. The Morgan fingerprint density at radius 1 is 1.24 bits per heavy atom. The summed E-state index contributed by atoms with van der Waals surface area (Å²) in [6.07, 6.45) is 1.95. The Balaban J connectivity index is 1.98. The normalized spacial score (nSPS) is 19.3. The molecule has 2 unspecified atom stereocenters. The number of ether oxygens (including phenoxy) is 1. The van der Waals surface area contributed by atoms with Gasteiger partial charge < -0.3 is 9.84 Å². The van der Waals surface area contributed by atoms with Gasteiger partial charge in [0, 0.05) is 6.61 Å².